The van der Waals surface area contributed by atoms with Crippen molar-refractivity contribution < 1.29 is 9.18 Å². The molecule has 0 bridgehead atoms. The molecule has 0 spiro atoms. The minimum Gasteiger partial charge on any atom is -0.352 e. The molecule has 3 rings (SSSR count). The highest BCUT2D eigenvalue weighted by atomic mass is 35.5. The molecule has 158 valence electrons. The largest absolute Gasteiger partial charge is 0.352 e. The number of carbonyl (C=O) groups excluding carboxylic acids is 1. The molecule has 1 aromatic heterocycles. The van der Waals surface area contributed by atoms with Crippen LogP contribution in [0.5, 0.6) is 0 Å². The van der Waals surface area contributed by atoms with Gasteiger partial charge in [-0.1, -0.05) is 37.6 Å². The first-order valence-corrected chi connectivity index (χ1v) is 10.2. The number of aromatic nitrogens is 2. The quantitative estimate of drug-likeness (QED) is 0.645. The molecule has 2 aromatic carbocycles. The van der Waals surface area contributed by atoms with Crippen LogP contribution in [-0.2, 0) is 4.79 Å². The maximum absolute atomic E-state index is 13.6. The number of fused-ring (bicyclic) bond motifs is 1. The minimum absolute atomic E-state index is 0.0599. The van der Waals surface area contributed by atoms with E-state index in [2.05, 4.69) is 5.32 Å². The van der Waals surface area contributed by atoms with E-state index in [0.29, 0.717) is 11.9 Å². The number of hydrogen-bond donors (Lipinski definition) is 1. The zero-order valence-electron chi connectivity index (χ0n) is 17.0. The van der Waals surface area contributed by atoms with Crippen LogP contribution in [0, 0.1) is 5.82 Å². The van der Waals surface area contributed by atoms with Crippen LogP contribution >= 0.6 is 11.6 Å². The third-order valence-corrected chi connectivity index (χ3v) is 5.45. The fourth-order valence-electron chi connectivity index (χ4n) is 3.36. The highest BCUT2D eigenvalue weighted by Gasteiger charge is 2.25. The number of para-hydroxylation sites is 1. The highest BCUT2D eigenvalue weighted by molar-refractivity contribution is 6.30. The van der Waals surface area contributed by atoms with Gasteiger partial charge >= 0.3 is 5.69 Å². The van der Waals surface area contributed by atoms with Crippen molar-refractivity contribution >= 4 is 28.4 Å². The summed E-state index contributed by atoms with van der Waals surface area (Å²) in [6.07, 6.45) is 1.08. The molecule has 0 saturated carbocycles. The number of amides is 1. The SMILES string of the molecule is CC[C@@H](C)NC(=O)[C@H](CC)n1c(=O)n(-c2ccc(F)c(Cl)c2)c(=O)c2ccccc21. The van der Waals surface area contributed by atoms with E-state index in [1.165, 1.54) is 16.7 Å². The maximum Gasteiger partial charge on any atom is 0.336 e. The molecule has 0 aliphatic carbocycles. The van der Waals surface area contributed by atoms with Crippen molar-refractivity contribution in [3.05, 3.63) is 74.1 Å². The predicted molar refractivity (Wildman–Crippen MR) is 116 cm³/mol. The van der Waals surface area contributed by atoms with E-state index < -0.39 is 23.1 Å². The number of halogens is 2. The van der Waals surface area contributed by atoms with Crippen LogP contribution < -0.4 is 16.6 Å². The average molecular weight is 432 g/mol. The lowest BCUT2D eigenvalue weighted by Gasteiger charge is -2.23. The molecule has 0 unspecified atom stereocenters. The second-order valence-corrected chi connectivity index (χ2v) is 7.56. The molecule has 1 N–H and O–H groups in total. The highest BCUT2D eigenvalue weighted by Crippen LogP contribution is 2.20. The summed E-state index contributed by atoms with van der Waals surface area (Å²) in [5.74, 6) is -0.963. The molecule has 8 heteroatoms. The van der Waals surface area contributed by atoms with Crippen molar-refractivity contribution in [3.63, 3.8) is 0 Å². The van der Waals surface area contributed by atoms with Gasteiger partial charge < -0.3 is 5.32 Å². The van der Waals surface area contributed by atoms with Crippen LogP contribution in [0.2, 0.25) is 5.02 Å². The van der Waals surface area contributed by atoms with Gasteiger partial charge in [0.15, 0.2) is 0 Å². The fraction of sp³-hybridized carbons (Fsp3) is 0.318. The van der Waals surface area contributed by atoms with Crippen molar-refractivity contribution in [2.24, 2.45) is 0 Å². The Morgan fingerprint density at radius 2 is 1.83 bits per heavy atom. The average Bonchev–Trinajstić information content (AvgIpc) is 2.73. The topological polar surface area (TPSA) is 73.1 Å². The van der Waals surface area contributed by atoms with E-state index in [0.717, 1.165) is 17.1 Å². The Morgan fingerprint density at radius 3 is 2.47 bits per heavy atom. The van der Waals surface area contributed by atoms with Gasteiger partial charge in [-0.2, -0.15) is 0 Å². The smallest absolute Gasteiger partial charge is 0.336 e. The van der Waals surface area contributed by atoms with Crippen molar-refractivity contribution in [2.45, 2.75) is 45.7 Å². The molecule has 0 fully saturated rings. The lowest BCUT2D eigenvalue weighted by molar-refractivity contribution is -0.125. The summed E-state index contributed by atoms with van der Waals surface area (Å²) < 4.78 is 15.9. The van der Waals surface area contributed by atoms with E-state index in [9.17, 15) is 18.8 Å². The molecule has 0 radical (unpaired) electrons. The summed E-state index contributed by atoms with van der Waals surface area (Å²) >= 11 is 5.88. The number of nitrogens with zero attached hydrogens (tertiary/aromatic N) is 2. The summed E-state index contributed by atoms with van der Waals surface area (Å²) in [6.45, 7) is 5.63. The van der Waals surface area contributed by atoms with Crippen LogP contribution in [0.3, 0.4) is 0 Å². The van der Waals surface area contributed by atoms with Gasteiger partial charge in [0.2, 0.25) is 5.91 Å². The molecule has 1 amide bonds. The van der Waals surface area contributed by atoms with Crippen molar-refractivity contribution in [1.82, 2.24) is 14.5 Å². The first kappa shape index (κ1) is 21.8. The van der Waals surface area contributed by atoms with Gasteiger partial charge in [-0.3, -0.25) is 14.2 Å². The molecule has 1 heterocycles. The van der Waals surface area contributed by atoms with Gasteiger partial charge in [0.05, 0.1) is 21.6 Å². The van der Waals surface area contributed by atoms with Gasteiger partial charge in [-0.05, 0) is 50.1 Å². The Morgan fingerprint density at radius 1 is 1.13 bits per heavy atom. The van der Waals surface area contributed by atoms with E-state index in [-0.39, 0.29) is 28.0 Å². The third kappa shape index (κ3) is 3.89. The second-order valence-electron chi connectivity index (χ2n) is 7.15. The zero-order valence-corrected chi connectivity index (χ0v) is 17.7. The van der Waals surface area contributed by atoms with E-state index in [1.807, 2.05) is 13.8 Å². The predicted octanol–water partition coefficient (Wildman–Crippen LogP) is 3.81. The molecule has 6 nitrogen and oxygen atoms in total. The van der Waals surface area contributed by atoms with E-state index in [4.69, 9.17) is 11.6 Å². The second kappa shape index (κ2) is 8.83. The van der Waals surface area contributed by atoms with Crippen LogP contribution in [0.15, 0.2) is 52.1 Å². The van der Waals surface area contributed by atoms with Gasteiger partial charge in [0.25, 0.3) is 5.56 Å². The lowest BCUT2D eigenvalue weighted by Crippen LogP contribution is -2.45. The number of benzene rings is 2. The summed E-state index contributed by atoms with van der Waals surface area (Å²) in [4.78, 5) is 39.5. The Balaban J connectivity index is 2.33. The summed E-state index contributed by atoms with van der Waals surface area (Å²) in [7, 11) is 0. The van der Waals surface area contributed by atoms with Crippen molar-refractivity contribution in [1.29, 1.82) is 0 Å². The van der Waals surface area contributed by atoms with Crippen LogP contribution in [0.1, 0.15) is 39.7 Å². The fourth-order valence-corrected chi connectivity index (χ4v) is 3.54. The Kier molecular flexibility index (Phi) is 6.41. The standard InChI is InChI=1S/C22H23ClFN3O3/c1-4-13(3)25-20(28)18(5-2)27-19-9-7-6-8-15(19)21(29)26(22(27)30)14-10-11-17(24)16(23)12-14/h6-13,18H,4-5H2,1-3H3,(H,25,28)/t13-,18+/m1/s1. The molecule has 0 aliphatic heterocycles. The molecule has 0 saturated heterocycles. The molecule has 30 heavy (non-hydrogen) atoms. The Labute approximate surface area is 177 Å². The Bertz CT molecular complexity index is 1220. The van der Waals surface area contributed by atoms with Gasteiger partial charge in [0.1, 0.15) is 11.9 Å². The molecule has 2 atom stereocenters. The van der Waals surface area contributed by atoms with Crippen molar-refractivity contribution in [2.75, 3.05) is 0 Å². The van der Waals surface area contributed by atoms with Crippen LogP contribution in [0.4, 0.5) is 4.39 Å². The summed E-state index contributed by atoms with van der Waals surface area (Å²) in [5.41, 5.74) is -0.754. The number of rotatable bonds is 6. The van der Waals surface area contributed by atoms with E-state index >= 15 is 0 Å². The molecular weight excluding hydrogens is 409 g/mol. The van der Waals surface area contributed by atoms with Gasteiger partial charge in [-0.15, -0.1) is 0 Å². The molecular formula is C22H23ClFN3O3. The van der Waals surface area contributed by atoms with Crippen LogP contribution in [-0.4, -0.2) is 21.1 Å². The van der Waals surface area contributed by atoms with Crippen LogP contribution in [0.25, 0.3) is 16.6 Å². The number of carbonyl (C=O) groups is 1. The third-order valence-electron chi connectivity index (χ3n) is 5.16. The first-order valence-electron chi connectivity index (χ1n) is 9.82. The molecule has 0 aliphatic rings. The normalized spacial score (nSPS) is 13.2. The maximum atomic E-state index is 13.6. The number of hydrogen-bond acceptors (Lipinski definition) is 3. The summed E-state index contributed by atoms with van der Waals surface area (Å²) in [6, 6.07) is 9.36. The summed E-state index contributed by atoms with van der Waals surface area (Å²) in [5, 5.41) is 2.97. The van der Waals surface area contributed by atoms with E-state index in [1.54, 1.807) is 31.2 Å². The minimum atomic E-state index is -0.820. The van der Waals surface area contributed by atoms with Gasteiger partial charge in [0, 0.05) is 6.04 Å². The number of nitrogens with one attached hydrogen (secondary N) is 1. The zero-order chi connectivity index (χ0) is 22.0. The Hall–Kier alpha value is -2.93. The molecule has 3 aromatic rings. The lowest BCUT2D eigenvalue weighted by atomic mass is 10.1. The van der Waals surface area contributed by atoms with Crippen molar-refractivity contribution in [3.8, 4) is 5.69 Å². The monoisotopic (exact) mass is 431 g/mol. The first-order chi connectivity index (χ1) is 14.3. The van der Waals surface area contributed by atoms with Gasteiger partial charge in [-0.25, -0.2) is 13.8 Å².